The molecule has 0 radical (unpaired) electrons. The SMILES string of the molecule is CN(C)C1CCC(NCC2CCOCC2)C1. The zero-order valence-electron chi connectivity index (χ0n) is 10.7. The lowest BCUT2D eigenvalue weighted by molar-refractivity contribution is 0.0654. The lowest BCUT2D eigenvalue weighted by Crippen LogP contribution is -2.35. The van der Waals surface area contributed by atoms with Crippen molar-refractivity contribution in [2.75, 3.05) is 33.9 Å². The second-order valence-electron chi connectivity index (χ2n) is 5.59. The molecule has 16 heavy (non-hydrogen) atoms. The number of hydrogen-bond donors (Lipinski definition) is 1. The molecule has 1 aliphatic heterocycles. The summed E-state index contributed by atoms with van der Waals surface area (Å²) in [6.07, 6.45) is 6.54. The molecule has 3 heteroatoms. The Hall–Kier alpha value is -0.120. The van der Waals surface area contributed by atoms with Crippen molar-refractivity contribution in [1.82, 2.24) is 10.2 Å². The summed E-state index contributed by atoms with van der Waals surface area (Å²) >= 11 is 0. The van der Waals surface area contributed by atoms with E-state index in [1.807, 2.05) is 0 Å². The quantitative estimate of drug-likeness (QED) is 0.786. The number of rotatable bonds is 4. The van der Waals surface area contributed by atoms with Crippen molar-refractivity contribution in [3.8, 4) is 0 Å². The predicted molar refractivity (Wildman–Crippen MR) is 66.7 cm³/mol. The van der Waals surface area contributed by atoms with E-state index in [2.05, 4.69) is 24.3 Å². The molecule has 2 atom stereocenters. The van der Waals surface area contributed by atoms with Gasteiger partial charge in [-0.15, -0.1) is 0 Å². The van der Waals surface area contributed by atoms with Gasteiger partial charge in [0.2, 0.25) is 0 Å². The summed E-state index contributed by atoms with van der Waals surface area (Å²) in [6.45, 7) is 3.14. The molecule has 94 valence electrons. The smallest absolute Gasteiger partial charge is 0.0469 e. The fourth-order valence-electron chi connectivity index (χ4n) is 2.90. The van der Waals surface area contributed by atoms with Gasteiger partial charge in [-0.3, -0.25) is 0 Å². The molecule has 3 nitrogen and oxygen atoms in total. The van der Waals surface area contributed by atoms with E-state index < -0.39 is 0 Å². The summed E-state index contributed by atoms with van der Waals surface area (Å²) in [7, 11) is 4.40. The van der Waals surface area contributed by atoms with Crippen LogP contribution in [0.25, 0.3) is 0 Å². The van der Waals surface area contributed by atoms with Crippen molar-refractivity contribution in [2.24, 2.45) is 5.92 Å². The van der Waals surface area contributed by atoms with Gasteiger partial charge in [0.1, 0.15) is 0 Å². The Balaban J connectivity index is 1.63. The van der Waals surface area contributed by atoms with E-state index in [0.717, 1.165) is 31.2 Å². The van der Waals surface area contributed by atoms with Crippen LogP contribution in [0.3, 0.4) is 0 Å². The number of nitrogens with zero attached hydrogens (tertiary/aromatic N) is 1. The summed E-state index contributed by atoms with van der Waals surface area (Å²) in [5, 5.41) is 3.75. The molecule has 2 fully saturated rings. The van der Waals surface area contributed by atoms with E-state index in [9.17, 15) is 0 Å². The van der Waals surface area contributed by atoms with Crippen LogP contribution in [-0.2, 0) is 4.74 Å². The Morgan fingerprint density at radius 1 is 1.12 bits per heavy atom. The molecule has 0 aromatic rings. The van der Waals surface area contributed by atoms with Crippen molar-refractivity contribution in [2.45, 2.75) is 44.2 Å². The molecule has 1 N–H and O–H groups in total. The minimum absolute atomic E-state index is 0.759. The molecule has 1 saturated heterocycles. The third-order valence-corrected chi connectivity index (χ3v) is 4.17. The lowest BCUT2D eigenvalue weighted by Gasteiger charge is -2.24. The van der Waals surface area contributed by atoms with Crippen LogP contribution in [0.1, 0.15) is 32.1 Å². The highest BCUT2D eigenvalue weighted by Crippen LogP contribution is 2.23. The molecule has 2 unspecified atom stereocenters. The highest BCUT2D eigenvalue weighted by atomic mass is 16.5. The van der Waals surface area contributed by atoms with Gasteiger partial charge in [0.05, 0.1) is 0 Å². The predicted octanol–water partition coefficient (Wildman–Crippen LogP) is 1.49. The average Bonchev–Trinajstić information content (AvgIpc) is 2.76. The summed E-state index contributed by atoms with van der Waals surface area (Å²) in [6, 6.07) is 1.56. The van der Waals surface area contributed by atoms with Gasteiger partial charge in [-0.2, -0.15) is 0 Å². The summed E-state index contributed by atoms with van der Waals surface area (Å²) < 4.78 is 5.39. The summed E-state index contributed by atoms with van der Waals surface area (Å²) in [5.74, 6) is 0.854. The van der Waals surface area contributed by atoms with Gasteiger partial charge >= 0.3 is 0 Å². The molecule has 0 amide bonds. The molecule has 2 aliphatic rings. The third kappa shape index (κ3) is 3.44. The van der Waals surface area contributed by atoms with Crippen molar-refractivity contribution in [1.29, 1.82) is 0 Å². The second-order valence-corrected chi connectivity index (χ2v) is 5.59. The average molecular weight is 226 g/mol. The Morgan fingerprint density at radius 3 is 2.50 bits per heavy atom. The first-order chi connectivity index (χ1) is 7.75. The molecule has 2 rings (SSSR count). The maximum atomic E-state index is 5.39. The van der Waals surface area contributed by atoms with Crippen LogP contribution in [-0.4, -0.2) is 50.8 Å². The van der Waals surface area contributed by atoms with Crippen LogP contribution in [0.2, 0.25) is 0 Å². The van der Waals surface area contributed by atoms with Gasteiger partial charge in [0.15, 0.2) is 0 Å². The van der Waals surface area contributed by atoms with E-state index in [-0.39, 0.29) is 0 Å². The van der Waals surface area contributed by atoms with E-state index in [1.54, 1.807) is 0 Å². The van der Waals surface area contributed by atoms with E-state index in [0.29, 0.717) is 0 Å². The monoisotopic (exact) mass is 226 g/mol. The van der Waals surface area contributed by atoms with Gasteiger partial charge in [0, 0.05) is 25.3 Å². The summed E-state index contributed by atoms with van der Waals surface area (Å²) in [5.41, 5.74) is 0. The summed E-state index contributed by atoms with van der Waals surface area (Å²) in [4.78, 5) is 2.37. The zero-order chi connectivity index (χ0) is 11.4. The third-order valence-electron chi connectivity index (χ3n) is 4.17. The van der Waals surface area contributed by atoms with Crippen LogP contribution in [0.4, 0.5) is 0 Å². The number of nitrogens with one attached hydrogen (secondary N) is 1. The first-order valence-corrected chi connectivity index (χ1v) is 6.73. The second kappa shape index (κ2) is 5.99. The van der Waals surface area contributed by atoms with Crippen LogP contribution in [0.15, 0.2) is 0 Å². The highest BCUT2D eigenvalue weighted by molar-refractivity contribution is 4.85. The molecular weight excluding hydrogens is 200 g/mol. The molecule has 0 aromatic heterocycles. The molecule has 0 spiro atoms. The van der Waals surface area contributed by atoms with Crippen LogP contribution >= 0.6 is 0 Å². The van der Waals surface area contributed by atoms with Crippen molar-refractivity contribution < 1.29 is 4.74 Å². The van der Waals surface area contributed by atoms with Crippen LogP contribution < -0.4 is 5.32 Å². The van der Waals surface area contributed by atoms with E-state index >= 15 is 0 Å². The molecule has 1 aliphatic carbocycles. The highest BCUT2D eigenvalue weighted by Gasteiger charge is 2.26. The van der Waals surface area contributed by atoms with E-state index in [1.165, 1.54) is 38.6 Å². The fourth-order valence-corrected chi connectivity index (χ4v) is 2.90. The van der Waals surface area contributed by atoms with E-state index in [4.69, 9.17) is 4.74 Å². The van der Waals surface area contributed by atoms with Gasteiger partial charge in [-0.05, 0) is 58.7 Å². The van der Waals surface area contributed by atoms with Gasteiger partial charge < -0.3 is 15.0 Å². The van der Waals surface area contributed by atoms with Crippen molar-refractivity contribution in [3.63, 3.8) is 0 Å². The molecule has 1 heterocycles. The van der Waals surface area contributed by atoms with Crippen molar-refractivity contribution in [3.05, 3.63) is 0 Å². The molecule has 1 saturated carbocycles. The minimum Gasteiger partial charge on any atom is -0.381 e. The maximum Gasteiger partial charge on any atom is 0.0469 e. The Labute approximate surface area is 99.5 Å². The number of hydrogen-bond acceptors (Lipinski definition) is 3. The largest absolute Gasteiger partial charge is 0.381 e. The minimum atomic E-state index is 0.759. The molecular formula is C13H26N2O. The van der Waals surface area contributed by atoms with Gasteiger partial charge in [-0.1, -0.05) is 0 Å². The lowest BCUT2D eigenvalue weighted by atomic mass is 10.00. The topological polar surface area (TPSA) is 24.5 Å². The normalized spacial score (nSPS) is 32.4. The van der Waals surface area contributed by atoms with Crippen LogP contribution in [0, 0.1) is 5.92 Å². The first-order valence-electron chi connectivity index (χ1n) is 6.73. The Kier molecular flexibility index (Phi) is 4.62. The first kappa shape index (κ1) is 12.3. The van der Waals surface area contributed by atoms with Gasteiger partial charge in [-0.25, -0.2) is 0 Å². The van der Waals surface area contributed by atoms with Crippen molar-refractivity contribution >= 4 is 0 Å². The van der Waals surface area contributed by atoms with Gasteiger partial charge in [0.25, 0.3) is 0 Å². The maximum absolute atomic E-state index is 5.39. The van der Waals surface area contributed by atoms with Crippen LogP contribution in [0.5, 0.6) is 0 Å². The Bertz CT molecular complexity index is 202. The molecule has 0 bridgehead atoms. The zero-order valence-corrected chi connectivity index (χ0v) is 10.7. The fraction of sp³-hybridized carbons (Fsp3) is 1.00. The molecule has 0 aromatic carbocycles. The Morgan fingerprint density at radius 2 is 1.88 bits per heavy atom. The number of ether oxygens (including phenoxy) is 1. The standard InChI is InChI=1S/C13H26N2O/c1-15(2)13-4-3-12(9-13)14-10-11-5-7-16-8-6-11/h11-14H,3-10H2,1-2H3.